The fraction of sp³-hybridized carbons (Fsp3) is 0.192. The number of fused-ring (bicyclic) bond motifs is 2. The molecule has 32 heavy (non-hydrogen) atoms. The number of benzene rings is 3. The van der Waals surface area contributed by atoms with Crippen LogP contribution in [0.1, 0.15) is 23.6 Å². The van der Waals surface area contributed by atoms with Crippen LogP contribution in [0.5, 0.6) is 0 Å². The molecule has 0 atom stereocenters. The van der Waals surface area contributed by atoms with E-state index < -0.39 is 0 Å². The molecule has 0 spiro atoms. The van der Waals surface area contributed by atoms with Crippen molar-refractivity contribution in [2.24, 2.45) is 11.1 Å². The second kappa shape index (κ2) is 8.67. The maximum Gasteiger partial charge on any atom is 0.228 e. The highest BCUT2D eigenvalue weighted by Gasteiger charge is 2.27. The second-order valence-electron chi connectivity index (χ2n) is 7.97. The molecular weight excluding hydrogens is 400 g/mol. The Hall–Kier alpha value is -3.93. The third-order valence-corrected chi connectivity index (χ3v) is 5.82. The number of amides is 1. The first-order chi connectivity index (χ1) is 15.7. The number of hydrogen-bond donors (Lipinski definition) is 2. The van der Waals surface area contributed by atoms with Crippen molar-refractivity contribution in [2.75, 3.05) is 11.9 Å². The third kappa shape index (κ3) is 3.99. The Labute approximate surface area is 186 Å². The number of nitrogens with zero attached hydrogens (tertiary/aromatic N) is 2. The van der Waals surface area contributed by atoms with Crippen LogP contribution in [0.3, 0.4) is 0 Å². The molecule has 0 saturated carbocycles. The molecule has 3 aromatic carbocycles. The summed E-state index contributed by atoms with van der Waals surface area (Å²) in [6, 6.07) is 22.1. The summed E-state index contributed by atoms with van der Waals surface area (Å²) in [6.45, 7) is 2.42. The molecule has 1 heterocycles. The monoisotopic (exact) mass is 424 g/mol. The molecule has 0 bridgehead atoms. The highest BCUT2D eigenvalue weighted by Crippen LogP contribution is 2.30. The molecule has 0 saturated heterocycles. The Bertz CT molecular complexity index is 1280. The second-order valence-corrected chi connectivity index (χ2v) is 7.97. The number of rotatable bonds is 6. The molecular formula is C26H24N4O2. The van der Waals surface area contributed by atoms with Gasteiger partial charge in [0.1, 0.15) is 6.61 Å². The number of oxime groups is 1. The average molecular weight is 425 g/mol. The molecule has 6 nitrogen and oxygen atoms in total. The van der Waals surface area contributed by atoms with Gasteiger partial charge in [-0.25, -0.2) is 0 Å². The number of carbonyl (C=O) groups is 1. The number of hydrogen-bond acceptors (Lipinski definition) is 4. The zero-order chi connectivity index (χ0) is 21.9. The Morgan fingerprint density at radius 3 is 2.72 bits per heavy atom. The summed E-state index contributed by atoms with van der Waals surface area (Å²) in [5.74, 6) is 0.0223. The van der Waals surface area contributed by atoms with Gasteiger partial charge in [0.15, 0.2) is 0 Å². The first-order valence-electron chi connectivity index (χ1n) is 10.8. The van der Waals surface area contributed by atoms with Gasteiger partial charge in [0.05, 0.1) is 17.4 Å². The van der Waals surface area contributed by atoms with Gasteiger partial charge in [-0.15, -0.1) is 0 Å². The molecule has 1 aromatic heterocycles. The highest BCUT2D eigenvalue weighted by atomic mass is 16.6. The number of anilines is 1. The lowest BCUT2D eigenvalue weighted by Gasteiger charge is -2.11. The lowest BCUT2D eigenvalue weighted by Crippen LogP contribution is -2.23. The summed E-state index contributed by atoms with van der Waals surface area (Å²) < 4.78 is 0. The Morgan fingerprint density at radius 2 is 1.94 bits per heavy atom. The largest absolute Gasteiger partial charge is 0.396 e. The first-order valence-corrected chi connectivity index (χ1v) is 10.8. The summed E-state index contributed by atoms with van der Waals surface area (Å²) in [7, 11) is 0. The maximum absolute atomic E-state index is 12.9. The van der Waals surface area contributed by atoms with Gasteiger partial charge in [-0.3, -0.25) is 9.89 Å². The lowest BCUT2D eigenvalue weighted by molar-refractivity contribution is -0.119. The smallest absolute Gasteiger partial charge is 0.228 e. The van der Waals surface area contributed by atoms with Crippen molar-refractivity contribution in [1.29, 1.82) is 0 Å². The van der Waals surface area contributed by atoms with Crippen LogP contribution >= 0.6 is 0 Å². The van der Waals surface area contributed by atoms with Crippen molar-refractivity contribution in [3.05, 3.63) is 83.4 Å². The molecule has 1 aliphatic carbocycles. The minimum absolute atomic E-state index is 0.0329. The first kappa shape index (κ1) is 20.0. The molecule has 6 heteroatoms. The van der Waals surface area contributed by atoms with E-state index in [4.69, 9.17) is 4.84 Å². The van der Waals surface area contributed by atoms with Gasteiger partial charge >= 0.3 is 0 Å². The van der Waals surface area contributed by atoms with Gasteiger partial charge in [0.2, 0.25) is 5.91 Å². The minimum atomic E-state index is -0.0329. The van der Waals surface area contributed by atoms with Crippen LogP contribution in [0.15, 0.2) is 71.9 Å². The SMILES string of the molecule is CCON=Cc1ccc2[nH]nc(-c3cccc(NC(=O)C4Cc5ccccc5C4)c3)c2c1. The minimum Gasteiger partial charge on any atom is -0.396 e. The van der Waals surface area contributed by atoms with Crippen molar-refractivity contribution in [2.45, 2.75) is 19.8 Å². The van der Waals surface area contributed by atoms with Gasteiger partial charge in [0.25, 0.3) is 0 Å². The average Bonchev–Trinajstić information content (AvgIpc) is 3.43. The van der Waals surface area contributed by atoms with Crippen molar-refractivity contribution in [3.8, 4) is 11.3 Å². The number of nitrogens with one attached hydrogen (secondary N) is 2. The van der Waals surface area contributed by atoms with Gasteiger partial charge in [-0.2, -0.15) is 5.10 Å². The molecule has 5 rings (SSSR count). The fourth-order valence-electron chi connectivity index (χ4n) is 4.24. The van der Waals surface area contributed by atoms with E-state index in [1.165, 1.54) is 11.1 Å². The van der Waals surface area contributed by atoms with Gasteiger partial charge in [-0.05, 0) is 60.7 Å². The fourth-order valence-corrected chi connectivity index (χ4v) is 4.24. The highest BCUT2D eigenvalue weighted by molar-refractivity contribution is 5.98. The van der Waals surface area contributed by atoms with E-state index in [2.05, 4.69) is 32.8 Å². The van der Waals surface area contributed by atoms with E-state index in [-0.39, 0.29) is 11.8 Å². The van der Waals surface area contributed by atoms with Crippen LogP contribution in [0, 0.1) is 5.92 Å². The van der Waals surface area contributed by atoms with Crippen molar-refractivity contribution in [3.63, 3.8) is 0 Å². The molecule has 4 aromatic rings. The van der Waals surface area contributed by atoms with Crippen LogP contribution in [-0.2, 0) is 22.5 Å². The predicted octanol–water partition coefficient (Wildman–Crippen LogP) is 4.95. The summed E-state index contributed by atoms with van der Waals surface area (Å²) in [6.07, 6.45) is 3.27. The van der Waals surface area contributed by atoms with Crippen molar-refractivity contribution >= 4 is 28.7 Å². The quantitative estimate of drug-likeness (QED) is 0.339. The van der Waals surface area contributed by atoms with Gasteiger partial charge in [0, 0.05) is 22.6 Å². The van der Waals surface area contributed by atoms with Gasteiger partial charge < -0.3 is 10.2 Å². The normalized spacial score (nSPS) is 13.5. The molecule has 1 aliphatic rings. The van der Waals surface area contributed by atoms with Crippen molar-refractivity contribution in [1.82, 2.24) is 10.2 Å². The number of carbonyl (C=O) groups excluding carboxylic acids is 1. The van der Waals surface area contributed by atoms with E-state index >= 15 is 0 Å². The van der Waals surface area contributed by atoms with E-state index in [1.807, 2.05) is 61.5 Å². The molecule has 0 fully saturated rings. The Kier molecular flexibility index (Phi) is 5.42. The Morgan fingerprint density at radius 1 is 1.12 bits per heavy atom. The van der Waals surface area contributed by atoms with Crippen LogP contribution in [0.4, 0.5) is 5.69 Å². The van der Waals surface area contributed by atoms with E-state index in [1.54, 1.807) is 6.21 Å². The van der Waals surface area contributed by atoms with Crippen molar-refractivity contribution < 1.29 is 9.63 Å². The third-order valence-electron chi connectivity index (χ3n) is 5.82. The zero-order valence-corrected chi connectivity index (χ0v) is 17.8. The van der Waals surface area contributed by atoms with Gasteiger partial charge in [-0.1, -0.05) is 47.6 Å². The topological polar surface area (TPSA) is 79.4 Å². The Balaban J connectivity index is 1.37. The molecule has 2 N–H and O–H groups in total. The van der Waals surface area contributed by atoms with Crippen LogP contribution in [0.25, 0.3) is 22.2 Å². The summed E-state index contributed by atoms with van der Waals surface area (Å²) >= 11 is 0. The maximum atomic E-state index is 12.9. The molecule has 0 unspecified atom stereocenters. The summed E-state index contributed by atoms with van der Waals surface area (Å²) in [5, 5.41) is 15.6. The number of aromatic amines is 1. The number of H-pyrrole nitrogens is 1. The molecule has 160 valence electrons. The summed E-state index contributed by atoms with van der Waals surface area (Å²) in [4.78, 5) is 18.0. The summed E-state index contributed by atoms with van der Waals surface area (Å²) in [5.41, 5.74) is 6.94. The molecule has 0 radical (unpaired) electrons. The van der Waals surface area contributed by atoms with Crippen LogP contribution in [-0.4, -0.2) is 28.9 Å². The predicted molar refractivity (Wildman–Crippen MR) is 127 cm³/mol. The standard InChI is InChI=1S/C26H24N4O2/c1-2-32-27-16-17-10-11-24-23(12-17)25(30-29-24)20-8-5-9-22(15-20)28-26(31)21-13-18-6-3-4-7-19(18)14-21/h3-12,15-16,21H,2,13-14H2,1H3,(H,28,31)(H,29,30). The molecule has 1 amide bonds. The lowest BCUT2D eigenvalue weighted by atomic mass is 10.0. The zero-order valence-electron chi connectivity index (χ0n) is 17.8. The van der Waals surface area contributed by atoms with E-state index in [9.17, 15) is 4.79 Å². The van der Waals surface area contributed by atoms with E-state index in [0.29, 0.717) is 6.61 Å². The molecule has 0 aliphatic heterocycles. The number of aromatic nitrogens is 2. The van der Waals surface area contributed by atoms with E-state index in [0.717, 1.165) is 46.3 Å². The van der Waals surface area contributed by atoms with Crippen LogP contribution in [0.2, 0.25) is 0 Å². The van der Waals surface area contributed by atoms with Crippen LogP contribution < -0.4 is 5.32 Å².